The summed E-state index contributed by atoms with van der Waals surface area (Å²) in [5, 5.41) is 2.34. The smallest absolute Gasteiger partial charge is 0.255 e. The monoisotopic (exact) mass is 499 g/mol. The lowest BCUT2D eigenvalue weighted by Crippen LogP contribution is -2.60. The maximum Gasteiger partial charge on any atom is 0.255 e. The molecule has 9 heteroatoms. The van der Waals surface area contributed by atoms with Gasteiger partial charge in [-0.2, -0.15) is 0 Å². The predicted octanol–water partition coefficient (Wildman–Crippen LogP) is 2.44. The summed E-state index contributed by atoms with van der Waals surface area (Å²) in [4.78, 5) is 40.8. The van der Waals surface area contributed by atoms with Crippen LogP contribution >= 0.6 is 0 Å². The molecule has 3 saturated heterocycles. The van der Waals surface area contributed by atoms with Crippen LogP contribution in [0.25, 0.3) is 0 Å². The maximum atomic E-state index is 14.3. The SMILES string of the molecule is O=C1CCC(N2Cc3cc(O[C@@H]4CCCC[C@@H]4N4CC(C5CCOC[C@H]5F)C4)ccc3C2=O)C(=O)N1. The highest BCUT2D eigenvalue weighted by molar-refractivity contribution is 6.05. The van der Waals surface area contributed by atoms with Gasteiger partial charge in [-0.3, -0.25) is 24.6 Å². The molecule has 3 amide bonds. The van der Waals surface area contributed by atoms with Crippen LogP contribution in [0.3, 0.4) is 0 Å². The lowest BCUT2D eigenvalue weighted by Gasteiger charge is -2.51. The topological polar surface area (TPSA) is 88.2 Å². The number of hydrogen-bond acceptors (Lipinski definition) is 6. The third-order valence-corrected chi connectivity index (χ3v) is 8.80. The van der Waals surface area contributed by atoms with E-state index >= 15 is 0 Å². The maximum absolute atomic E-state index is 14.3. The number of halogens is 1. The molecule has 1 N–H and O–H groups in total. The highest BCUT2D eigenvalue weighted by atomic mass is 19.1. The van der Waals surface area contributed by atoms with E-state index in [4.69, 9.17) is 9.47 Å². The zero-order chi connectivity index (χ0) is 24.8. The van der Waals surface area contributed by atoms with E-state index in [0.717, 1.165) is 50.1 Å². The highest BCUT2D eigenvalue weighted by Crippen LogP contribution is 2.38. The average molecular weight is 500 g/mol. The molecule has 36 heavy (non-hydrogen) atoms. The van der Waals surface area contributed by atoms with Crippen LogP contribution in [0.5, 0.6) is 5.75 Å². The minimum Gasteiger partial charge on any atom is -0.489 e. The molecule has 1 saturated carbocycles. The number of likely N-dealkylation sites (tertiary alicyclic amines) is 1. The molecule has 1 aromatic carbocycles. The van der Waals surface area contributed by atoms with Crippen LogP contribution in [0, 0.1) is 11.8 Å². The number of carbonyl (C=O) groups excluding carboxylic acids is 3. The number of nitrogens with zero attached hydrogens (tertiary/aromatic N) is 2. The normalized spacial score (nSPS) is 33.8. The summed E-state index contributed by atoms with van der Waals surface area (Å²) in [5.41, 5.74) is 1.45. The Hall–Kier alpha value is -2.52. The van der Waals surface area contributed by atoms with Crippen molar-refractivity contribution in [2.24, 2.45) is 11.8 Å². The van der Waals surface area contributed by atoms with Gasteiger partial charge in [0.1, 0.15) is 24.1 Å². The first-order chi connectivity index (χ1) is 17.5. The molecular weight excluding hydrogens is 465 g/mol. The van der Waals surface area contributed by atoms with Crippen LogP contribution in [0.15, 0.2) is 18.2 Å². The van der Waals surface area contributed by atoms with E-state index in [9.17, 15) is 18.8 Å². The molecule has 6 rings (SSSR count). The highest BCUT2D eigenvalue weighted by Gasteiger charge is 2.44. The standard InChI is InChI=1S/C27H34FN3O5/c28-21-15-35-10-9-19(21)17-12-30(13-17)22-3-1-2-4-24(22)36-18-5-6-20-16(11-18)14-31(27(20)34)23-7-8-25(32)29-26(23)33/h5-6,11,17,19,21-24H,1-4,7-10,12-15H2,(H,29,32,33)/t19?,21-,22+,23?,24-/m1/s1. The van der Waals surface area contributed by atoms with E-state index in [-0.39, 0.29) is 36.9 Å². The lowest BCUT2D eigenvalue weighted by molar-refractivity contribution is -0.136. The molecule has 8 nitrogen and oxygen atoms in total. The number of alkyl halides is 1. The van der Waals surface area contributed by atoms with Crippen LogP contribution in [-0.2, 0) is 20.9 Å². The zero-order valence-corrected chi connectivity index (χ0v) is 20.5. The van der Waals surface area contributed by atoms with Crippen molar-refractivity contribution in [3.63, 3.8) is 0 Å². The van der Waals surface area contributed by atoms with Crippen molar-refractivity contribution in [2.75, 3.05) is 26.3 Å². The van der Waals surface area contributed by atoms with Gasteiger partial charge in [-0.1, -0.05) is 6.42 Å². The molecule has 0 spiro atoms. The quantitative estimate of drug-likeness (QED) is 0.627. The van der Waals surface area contributed by atoms with Gasteiger partial charge in [0.15, 0.2) is 0 Å². The second kappa shape index (κ2) is 9.74. The summed E-state index contributed by atoms with van der Waals surface area (Å²) in [6.07, 6.45) is 4.98. The second-order valence-corrected chi connectivity index (χ2v) is 11.0. The Balaban J connectivity index is 1.10. The summed E-state index contributed by atoms with van der Waals surface area (Å²) in [5.74, 6) is 0.391. The van der Waals surface area contributed by atoms with Crippen LogP contribution in [0.4, 0.5) is 4.39 Å². The van der Waals surface area contributed by atoms with Gasteiger partial charge in [0.05, 0.1) is 6.61 Å². The van der Waals surface area contributed by atoms with E-state index in [1.807, 2.05) is 12.1 Å². The third-order valence-electron chi connectivity index (χ3n) is 8.80. The van der Waals surface area contributed by atoms with Crippen LogP contribution in [0.2, 0.25) is 0 Å². The number of piperidine rings is 1. The van der Waals surface area contributed by atoms with Gasteiger partial charge in [0.25, 0.3) is 5.91 Å². The Morgan fingerprint density at radius 3 is 2.69 bits per heavy atom. The van der Waals surface area contributed by atoms with Crippen LogP contribution in [-0.4, -0.2) is 78.2 Å². The van der Waals surface area contributed by atoms with Crippen LogP contribution < -0.4 is 10.1 Å². The molecule has 5 aliphatic rings. The van der Waals surface area contributed by atoms with Crippen LogP contribution in [0.1, 0.15) is 60.9 Å². The van der Waals surface area contributed by atoms with Crippen molar-refractivity contribution in [2.45, 2.75) is 75.8 Å². The fourth-order valence-electron chi connectivity index (χ4n) is 6.77. The number of hydrogen-bond donors (Lipinski definition) is 1. The molecule has 1 aromatic rings. The number of amides is 3. The van der Waals surface area contributed by atoms with E-state index in [1.54, 1.807) is 11.0 Å². The Kier molecular flexibility index (Phi) is 6.46. The predicted molar refractivity (Wildman–Crippen MR) is 128 cm³/mol. The third kappa shape index (κ3) is 4.41. The number of carbonyl (C=O) groups is 3. The molecule has 4 fully saturated rings. The first-order valence-electron chi connectivity index (χ1n) is 13.4. The van der Waals surface area contributed by atoms with Crippen molar-refractivity contribution in [3.8, 4) is 5.75 Å². The number of fused-ring (bicyclic) bond motifs is 1. The summed E-state index contributed by atoms with van der Waals surface area (Å²) in [7, 11) is 0. The summed E-state index contributed by atoms with van der Waals surface area (Å²) in [6, 6.07) is 5.28. The van der Waals surface area contributed by atoms with Gasteiger partial charge in [0.2, 0.25) is 11.8 Å². The Bertz CT molecular complexity index is 1040. The van der Waals surface area contributed by atoms with E-state index in [0.29, 0.717) is 37.1 Å². The van der Waals surface area contributed by atoms with Gasteiger partial charge in [-0.25, -0.2) is 4.39 Å². The Morgan fingerprint density at radius 2 is 1.89 bits per heavy atom. The molecule has 5 atom stereocenters. The number of ether oxygens (including phenoxy) is 2. The molecule has 0 aromatic heterocycles. The number of rotatable bonds is 5. The minimum absolute atomic E-state index is 0.0666. The Morgan fingerprint density at radius 1 is 1.06 bits per heavy atom. The van der Waals surface area contributed by atoms with Crippen molar-refractivity contribution in [3.05, 3.63) is 29.3 Å². The fourth-order valence-corrected chi connectivity index (χ4v) is 6.77. The fraction of sp³-hybridized carbons (Fsp3) is 0.667. The second-order valence-electron chi connectivity index (χ2n) is 11.0. The molecule has 1 aliphatic carbocycles. The number of benzene rings is 1. The average Bonchev–Trinajstić information content (AvgIpc) is 3.16. The van der Waals surface area contributed by atoms with Crippen molar-refractivity contribution >= 4 is 17.7 Å². The van der Waals surface area contributed by atoms with Gasteiger partial charge in [0, 0.05) is 44.3 Å². The lowest BCUT2D eigenvalue weighted by atomic mass is 9.77. The van der Waals surface area contributed by atoms with Gasteiger partial charge in [-0.05, 0) is 67.7 Å². The van der Waals surface area contributed by atoms with Gasteiger partial charge < -0.3 is 14.4 Å². The summed E-state index contributed by atoms with van der Waals surface area (Å²) >= 11 is 0. The largest absolute Gasteiger partial charge is 0.489 e. The van der Waals surface area contributed by atoms with Gasteiger partial charge in [-0.15, -0.1) is 0 Å². The van der Waals surface area contributed by atoms with Crippen molar-refractivity contribution < 1.29 is 28.2 Å². The molecule has 4 heterocycles. The zero-order valence-electron chi connectivity index (χ0n) is 20.5. The first-order valence-corrected chi connectivity index (χ1v) is 13.4. The molecular formula is C27H34FN3O5. The first kappa shape index (κ1) is 23.9. The van der Waals surface area contributed by atoms with E-state index < -0.39 is 18.1 Å². The minimum atomic E-state index is -0.849. The number of nitrogens with one attached hydrogen (secondary N) is 1. The van der Waals surface area contributed by atoms with E-state index in [1.165, 1.54) is 6.42 Å². The van der Waals surface area contributed by atoms with E-state index in [2.05, 4.69) is 10.2 Å². The molecule has 4 aliphatic heterocycles. The van der Waals surface area contributed by atoms with Gasteiger partial charge >= 0.3 is 0 Å². The van der Waals surface area contributed by atoms with Crippen molar-refractivity contribution in [1.29, 1.82) is 0 Å². The molecule has 2 unspecified atom stereocenters. The summed E-state index contributed by atoms with van der Waals surface area (Å²) in [6.45, 7) is 3.09. The number of imide groups is 1. The Labute approximate surface area is 210 Å². The van der Waals surface area contributed by atoms with Crippen molar-refractivity contribution in [1.82, 2.24) is 15.1 Å². The summed E-state index contributed by atoms with van der Waals surface area (Å²) < 4.78 is 26.1. The molecule has 0 bridgehead atoms. The molecule has 194 valence electrons. The molecule has 0 radical (unpaired) electrons.